The van der Waals surface area contributed by atoms with Crippen LogP contribution >= 0.6 is 12.2 Å². The van der Waals surface area contributed by atoms with Crippen molar-refractivity contribution in [3.05, 3.63) is 95.1 Å². The van der Waals surface area contributed by atoms with Crippen molar-refractivity contribution in [1.82, 2.24) is 14.8 Å². The molecule has 0 aliphatic heterocycles. The lowest BCUT2D eigenvalue weighted by Gasteiger charge is -2.10. The summed E-state index contributed by atoms with van der Waals surface area (Å²) >= 11 is 5.57. The van der Waals surface area contributed by atoms with E-state index in [0.29, 0.717) is 4.77 Å². The first kappa shape index (κ1) is 20.7. The Balaban J connectivity index is 2.08. The zero-order valence-corrected chi connectivity index (χ0v) is 18.1. The Labute approximate surface area is 177 Å². The molecule has 3 aromatic rings. The number of allylic oxidation sites excluding steroid dienone is 7. The predicted molar refractivity (Wildman–Crippen MR) is 127 cm³/mol. The number of H-pyrrole nitrogens is 1. The fraction of sp³-hybridized carbons (Fsp3) is 0.200. The maximum absolute atomic E-state index is 5.57. The van der Waals surface area contributed by atoms with Gasteiger partial charge in [0.2, 0.25) is 0 Å². The average molecular weight is 402 g/mol. The van der Waals surface area contributed by atoms with Crippen LogP contribution in [-0.4, -0.2) is 14.8 Å². The average Bonchev–Trinajstić information content (AvgIpc) is 3.10. The van der Waals surface area contributed by atoms with Gasteiger partial charge in [0.15, 0.2) is 10.6 Å². The van der Waals surface area contributed by atoms with Crippen LogP contribution in [0.2, 0.25) is 0 Å². The van der Waals surface area contributed by atoms with Crippen LogP contribution in [0.25, 0.3) is 22.0 Å². The monoisotopic (exact) mass is 401 g/mol. The van der Waals surface area contributed by atoms with E-state index in [1.165, 1.54) is 11.0 Å². The van der Waals surface area contributed by atoms with Crippen molar-refractivity contribution >= 4 is 28.6 Å². The first-order valence-electron chi connectivity index (χ1n) is 9.85. The molecule has 0 fully saturated rings. The van der Waals surface area contributed by atoms with Gasteiger partial charge in [-0.05, 0) is 61.5 Å². The molecule has 0 bridgehead atoms. The molecular formula is C25H27N3S. The van der Waals surface area contributed by atoms with Gasteiger partial charge in [-0.2, -0.15) is 5.10 Å². The molecule has 148 valence electrons. The third-order valence-electron chi connectivity index (χ3n) is 4.65. The first-order valence-corrected chi connectivity index (χ1v) is 10.3. The Morgan fingerprint density at radius 3 is 2.66 bits per heavy atom. The SMILES string of the molecule is C=C(C)CC(=C/C=C(\C)c1n[nH]c(=S)n1-c1cccc2ccccc12)/C=C/CC. The zero-order valence-electron chi connectivity index (χ0n) is 17.3. The highest BCUT2D eigenvalue weighted by molar-refractivity contribution is 7.71. The maximum Gasteiger partial charge on any atom is 0.200 e. The van der Waals surface area contributed by atoms with Crippen molar-refractivity contribution in [3.8, 4) is 5.69 Å². The quantitative estimate of drug-likeness (QED) is 0.255. The van der Waals surface area contributed by atoms with E-state index in [1.807, 2.05) is 16.7 Å². The third-order valence-corrected chi connectivity index (χ3v) is 4.93. The van der Waals surface area contributed by atoms with Crippen LogP contribution in [0.1, 0.15) is 39.4 Å². The minimum Gasteiger partial charge on any atom is -0.268 e. The van der Waals surface area contributed by atoms with E-state index >= 15 is 0 Å². The molecule has 0 aliphatic carbocycles. The Morgan fingerprint density at radius 1 is 1.14 bits per heavy atom. The van der Waals surface area contributed by atoms with E-state index in [2.05, 4.69) is 92.2 Å². The second kappa shape index (κ2) is 9.48. The lowest BCUT2D eigenvalue weighted by Crippen LogP contribution is -2.00. The van der Waals surface area contributed by atoms with Crippen LogP contribution in [0.4, 0.5) is 0 Å². The largest absolute Gasteiger partial charge is 0.268 e. The summed E-state index contributed by atoms with van der Waals surface area (Å²) in [4.78, 5) is 0. The summed E-state index contributed by atoms with van der Waals surface area (Å²) in [6.07, 6.45) is 10.4. The van der Waals surface area contributed by atoms with Crippen LogP contribution in [0.15, 0.2) is 84.5 Å². The number of hydrogen-bond donors (Lipinski definition) is 1. The molecule has 2 aromatic carbocycles. The Kier molecular flexibility index (Phi) is 6.78. The Hall–Kier alpha value is -2.98. The number of hydrogen-bond acceptors (Lipinski definition) is 2. The molecule has 0 aliphatic rings. The topological polar surface area (TPSA) is 33.6 Å². The highest BCUT2D eigenvalue weighted by Crippen LogP contribution is 2.25. The number of rotatable bonds is 7. The van der Waals surface area contributed by atoms with Crippen molar-refractivity contribution in [1.29, 1.82) is 0 Å². The normalized spacial score (nSPS) is 12.8. The number of fused-ring (bicyclic) bond motifs is 1. The highest BCUT2D eigenvalue weighted by atomic mass is 32.1. The minimum atomic E-state index is 0.584. The van der Waals surface area contributed by atoms with Crippen LogP contribution in [-0.2, 0) is 0 Å². The summed E-state index contributed by atoms with van der Waals surface area (Å²) < 4.78 is 2.60. The van der Waals surface area contributed by atoms with Crippen LogP contribution < -0.4 is 0 Å². The number of benzene rings is 2. The van der Waals surface area contributed by atoms with E-state index < -0.39 is 0 Å². The molecule has 0 saturated carbocycles. The number of nitrogens with one attached hydrogen (secondary N) is 1. The number of aromatic nitrogens is 3. The van der Waals surface area contributed by atoms with Crippen LogP contribution in [0, 0.1) is 4.77 Å². The molecule has 3 nitrogen and oxygen atoms in total. The number of aromatic amines is 1. The van der Waals surface area contributed by atoms with Gasteiger partial charge in [0.05, 0.1) is 5.69 Å². The molecule has 1 heterocycles. The summed E-state index contributed by atoms with van der Waals surface area (Å²) in [5.74, 6) is 0.816. The Morgan fingerprint density at radius 2 is 1.90 bits per heavy atom. The lowest BCUT2D eigenvalue weighted by molar-refractivity contribution is 1.02. The van der Waals surface area contributed by atoms with Gasteiger partial charge in [-0.1, -0.05) is 79.8 Å². The highest BCUT2D eigenvalue weighted by Gasteiger charge is 2.12. The van der Waals surface area contributed by atoms with E-state index in [0.717, 1.165) is 40.9 Å². The summed E-state index contributed by atoms with van der Waals surface area (Å²) in [5, 5.41) is 9.79. The summed E-state index contributed by atoms with van der Waals surface area (Å²) in [7, 11) is 0. The van der Waals surface area contributed by atoms with Crippen LogP contribution in [0.3, 0.4) is 0 Å². The molecule has 0 saturated heterocycles. The van der Waals surface area contributed by atoms with E-state index in [-0.39, 0.29) is 0 Å². The second-order valence-corrected chi connectivity index (χ2v) is 7.61. The molecule has 0 unspecified atom stereocenters. The van der Waals surface area contributed by atoms with Gasteiger partial charge in [-0.25, -0.2) is 0 Å². The van der Waals surface area contributed by atoms with E-state index in [9.17, 15) is 0 Å². The molecule has 0 amide bonds. The molecule has 1 aromatic heterocycles. The minimum absolute atomic E-state index is 0.584. The van der Waals surface area contributed by atoms with Crippen molar-refractivity contribution in [2.45, 2.75) is 33.6 Å². The molecular weight excluding hydrogens is 374 g/mol. The zero-order chi connectivity index (χ0) is 20.8. The van der Waals surface area contributed by atoms with Crippen molar-refractivity contribution < 1.29 is 0 Å². The molecule has 4 heteroatoms. The summed E-state index contributed by atoms with van der Waals surface area (Å²) in [6.45, 7) is 10.3. The molecule has 29 heavy (non-hydrogen) atoms. The van der Waals surface area contributed by atoms with Crippen molar-refractivity contribution in [3.63, 3.8) is 0 Å². The summed E-state index contributed by atoms with van der Waals surface area (Å²) in [6, 6.07) is 14.6. The molecule has 0 radical (unpaired) electrons. The first-order chi connectivity index (χ1) is 14.0. The van der Waals surface area contributed by atoms with Gasteiger partial charge in [-0.15, -0.1) is 0 Å². The van der Waals surface area contributed by atoms with Crippen LogP contribution in [0.5, 0.6) is 0 Å². The van der Waals surface area contributed by atoms with Crippen molar-refractivity contribution in [2.24, 2.45) is 0 Å². The van der Waals surface area contributed by atoms with Gasteiger partial charge < -0.3 is 0 Å². The second-order valence-electron chi connectivity index (χ2n) is 7.22. The lowest BCUT2D eigenvalue weighted by atomic mass is 10.1. The van der Waals surface area contributed by atoms with Gasteiger partial charge in [-0.3, -0.25) is 9.67 Å². The van der Waals surface area contributed by atoms with Gasteiger partial charge in [0.1, 0.15) is 0 Å². The number of nitrogens with zero attached hydrogens (tertiary/aromatic N) is 2. The summed E-state index contributed by atoms with van der Waals surface area (Å²) in [5.41, 5.74) is 4.43. The Bertz CT molecular complexity index is 1170. The predicted octanol–water partition coefficient (Wildman–Crippen LogP) is 7.35. The van der Waals surface area contributed by atoms with E-state index in [4.69, 9.17) is 12.2 Å². The van der Waals surface area contributed by atoms with Gasteiger partial charge in [0, 0.05) is 5.39 Å². The van der Waals surface area contributed by atoms with Gasteiger partial charge >= 0.3 is 0 Å². The van der Waals surface area contributed by atoms with Crippen molar-refractivity contribution in [2.75, 3.05) is 0 Å². The molecule has 1 N–H and O–H groups in total. The molecule has 0 atom stereocenters. The van der Waals surface area contributed by atoms with E-state index in [1.54, 1.807) is 0 Å². The fourth-order valence-electron chi connectivity index (χ4n) is 3.29. The third kappa shape index (κ3) is 4.90. The van der Waals surface area contributed by atoms with Gasteiger partial charge in [0.25, 0.3) is 0 Å². The molecule has 3 rings (SSSR count). The fourth-order valence-corrected chi connectivity index (χ4v) is 3.52. The standard InChI is InChI=1S/C25H27N3S/c1-5-6-10-20(17-18(2)3)16-15-19(4)24-26-27-25(29)28(24)23-14-9-12-21-11-7-8-13-22(21)23/h6-16H,2,5,17H2,1,3-4H3,(H,27,29)/b10-6+,19-15+,20-16+. The maximum atomic E-state index is 5.57. The smallest absolute Gasteiger partial charge is 0.200 e. The molecule has 0 spiro atoms.